The first-order valence-electron chi connectivity index (χ1n) is 6.25. The van der Waals surface area contributed by atoms with Crippen molar-refractivity contribution in [3.8, 4) is 0 Å². The summed E-state index contributed by atoms with van der Waals surface area (Å²) >= 11 is 5.91. The van der Waals surface area contributed by atoms with Gasteiger partial charge in [-0.25, -0.2) is 4.98 Å². The Morgan fingerprint density at radius 1 is 1.45 bits per heavy atom. The topological polar surface area (TPSA) is 71.8 Å². The number of nitrogens with one attached hydrogen (secondary N) is 2. The van der Waals surface area contributed by atoms with E-state index in [0.717, 1.165) is 5.56 Å². The minimum atomic E-state index is -0.197. The summed E-state index contributed by atoms with van der Waals surface area (Å²) in [6.45, 7) is 3.08. The number of rotatable bonds is 5. The van der Waals surface area contributed by atoms with Crippen molar-refractivity contribution in [3.63, 3.8) is 0 Å². The second-order valence-corrected chi connectivity index (χ2v) is 4.69. The van der Waals surface area contributed by atoms with Crippen LogP contribution in [0.3, 0.4) is 0 Å². The van der Waals surface area contributed by atoms with Crippen LogP contribution in [0.2, 0.25) is 5.15 Å². The zero-order chi connectivity index (χ0) is 14.5. The molecule has 0 bridgehead atoms. The van der Waals surface area contributed by atoms with Gasteiger partial charge in [0.1, 0.15) is 11.0 Å². The van der Waals surface area contributed by atoms with Crippen LogP contribution in [-0.2, 0) is 13.6 Å². The molecular weight excluding hydrogens is 278 g/mol. The van der Waals surface area contributed by atoms with Crippen LogP contribution in [0.25, 0.3) is 0 Å². The van der Waals surface area contributed by atoms with Gasteiger partial charge in [-0.05, 0) is 19.1 Å². The molecule has 2 N–H and O–H groups in total. The maximum Gasteiger partial charge on any atom is 0.251 e. The molecule has 0 aromatic carbocycles. The molecule has 2 heterocycles. The van der Waals surface area contributed by atoms with Crippen LogP contribution in [0.15, 0.2) is 24.5 Å². The first-order valence-corrected chi connectivity index (χ1v) is 6.63. The molecule has 0 aliphatic heterocycles. The van der Waals surface area contributed by atoms with E-state index in [1.807, 2.05) is 20.2 Å². The van der Waals surface area contributed by atoms with Gasteiger partial charge in [-0.3, -0.25) is 9.48 Å². The van der Waals surface area contributed by atoms with Crippen molar-refractivity contribution < 1.29 is 4.79 Å². The van der Waals surface area contributed by atoms with Gasteiger partial charge in [0, 0.05) is 37.5 Å². The third kappa shape index (κ3) is 3.71. The second-order valence-electron chi connectivity index (χ2n) is 4.30. The van der Waals surface area contributed by atoms with Crippen molar-refractivity contribution in [2.24, 2.45) is 7.05 Å². The number of carbonyl (C=O) groups excluding carboxylic acids is 1. The smallest absolute Gasteiger partial charge is 0.251 e. The molecule has 0 radical (unpaired) electrons. The quantitative estimate of drug-likeness (QED) is 0.825. The van der Waals surface area contributed by atoms with Crippen LogP contribution in [-0.4, -0.2) is 27.2 Å². The highest BCUT2D eigenvalue weighted by atomic mass is 35.5. The zero-order valence-electron chi connectivity index (χ0n) is 11.4. The average molecular weight is 294 g/mol. The molecule has 1 amide bonds. The largest absolute Gasteiger partial charge is 0.370 e. The predicted molar refractivity (Wildman–Crippen MR) is 77.8 cm³/mol. The summed E-state index contributed by atoms with van der Waals surface area (Å²) in [5.41, 5.74) is 1.41. The molecule has 0 saturated heterocycles. The first kappa shape index (κ1) is 14.3. The number of amides is 1. The molecule has 0 saturated carbocycles. The number of pyridine rings is 1. The first-order chi connectivity index (χ1) is 9.58. The molecule has 0 aliphatic carbocycles. The highest BCUT2D eigenvalue weighted by Crippen LogP contribution is 2.14. The lowest BCUT2D eigenvalue weighted by molar-refractivity contribution is 0.0951. The number of halogens is 1. The lowest BCUT2D eigenvalue weighted by Crippen LogP contribution is -2.23. The maximum absolute atomic E-state index is 12.1. The highest BCUT2D eigenvalue weighted by molar-refractivity contribution is 6.29. The standard InChI is InChI=1S/C13H16ClN5O/c1-3-15-12-5-10(4-11(14)18-12)13(20)16-6-9-7-17-19(2)8-9/h4-5,7-8H,3,6H2,1-2H3,(H,15,18)(H,16,20). The minimum Gasteiger partial charge on any atom is -0.370 e. The molecule has 0 fully saturated rings. The summed E-state index contributed by atoms with van der Waals surface area (Å²) in [6.07, 6.45) is 3.56. The van der Waals surface area contributed by atoms with Gasteiger partial charge in [0.05, 0.1) is 6.20 Å². The van der Waals surface area contributed by atoms with Crippen molar-refractivity contribution in [3.05, 3.63) is 40.8 Å². The fourth-order valence-electron chi connectivity index (χ4n) is 1.75. The molecule has 0 unspecified atom stereocenters. The SMILES string of the molecule is CCNc1cc(C(=O)NCc2cnn(C)c2)cc(Cl)n1. The molecule has 6 nitrogen and oxygen atoms in total. The lowest BCUT2D eigenvalue weighted by atomic mass is 10.2. The summed E-state index contributed by atoms with van der Waals surface area (Å²) < 4.78 is 1.69. The Labute approximate surface area is 122 Å². The van der Waals surface area contributed by atoms with E-state index >= 15 is 0 Å². The van der Waals surface area contributed by atoms with Crippen LogP contribution in [0.4, 0.5) is 5.82 Å². The van der Waals surface area contributed by atoms with Gasteiger partial charge in [-0.1, -0.05) is 11.6 Å². The Balaban J connectivity index is 2.04. The number of anilines is 1. The number of nitrogens with zero attached hydrogens (tertiary/aromatic N) is 3. The molecule has 0 aliphatic rings. The van der Waals surface area contributed by atoms with E-state index in [0.29, 0.717) is 24.5 Å². The van der Waals surface area contributed by atoms with E-state index < -0.39 is 0 Å². The van der Waals surface area contributed by atoms with E-state index in [2.05, 4.69) is 20.7 Å². The second kappa shape index (κ2) is 6.38. The Morgan fingerprint density at radius 3 is 2.90 bits per heavy atom. The van der Waals surface area contributed by atoms with E-state index in [-0.39, 0.29) is 11.1 Å². The normalized spacial score (nSPS) is 10.3. The van der Waals surface area contributed by atoms with E-state index in [9.17, 15) is 4.79 Å². The van der Waals surface area contributed by atoms with Crippen molar-refractivity contribution in [2.75, 3.05) is 11.9 Å². The van der Waals surface area contributed by atoms with E-state index in [1.165, 1.54) is 0 Å². The molecule has 106 valence electrons. The third-order valence-electron chi connectivity index (χ3n) is 2.63. The summed E-state index contributed by atoms with van der Waals surface area (Å²) in [5.74, 6) is 0.392. The summed E-state index contributed by atoms with van der Waals surface area (Å²) in [4.78, 5) is 16.2. The average Bonchev–Trinajstić information content (AvgIpc) is 2.81. The number of carbonyl (C=O) groups is 1. The van der Waals surface area contributed by atoms with Gasteiger partial charge in [0.15, 0.2) is 0 Å². The Hall–Kier alpha value is -2.08. The lowest BCUT2D eigenvalue weighted by Gasteiger charge is -2.07. The number of aromatic nitrogens is 3. The molecule has 0 atom stereocenters. The highest BCUT2D eigenvalue weighted by Gasteiger charge is 2.09. The Kier molecular flexibility index (Phi) is 4.57. The van der Waals surface area contributed by atoms with E-state index in [4.69, 9.17) is 11.6 Å². The van der Waals surface area contributed by atoms with E-state index in [1.54, 1.807) is 23.0 Å². The van der Waals surface area contributed by atoms with Crippen molar-refractivity contribution >= 4 is 23.3 Å². The van der Waals surface area contributed by atoms with Gasteiger partial charge in [-0.2, -0.15) is 5.10 Å². The number of hydrogen-bond acceptors (Lipinski definition) is 4. The van der Waals surface area contributed by atoms with Gasteiger partial charge in [0.2, 0.25) is 0 Å². The Morgan fingerprint density at radius 2 is 2.25 bits per heavy atom. The van der Waals surface area contributed by atoms with Crippen molar-refractivity contribution in [2.45, 2.75) is 13.5 Å². The summed E-state index contributed by atoms with van der Waals surface area (Å²) in [7, 11) is 1.83. The van der Waals surface area contributed by atoms with Crippen LogP contribution in [0.5, 0.6) is 0 Å². The minimum absolute atomic E-state index is 0.197. The predicted octanol–water partition coefficient (Wildman–Crippen LogP) is 1.83. The van der Waals surface area contributed by atoms with Gasteiger partial charge in [0.25, 0.3) is 5.91 Å². The third-order valence-corrected chi connectivity index (χ3v) is 2.82. The maximum atomic E-state index is 12.1. The molecule has 2 aromatic heterocycles. The zero-order valence-corrected chi connectivity index (χ0v) is 12.1. The summed E-state index contributed by atoms with van der Waals surface area (Å²) in [6, 6.07) is 3.22. The van der Waals surface area contributed by atoms with Gasteiger partial charge in [-0.15, -0.1) is 0 Å². The van der Waals surface area contributed by atoms with Crippen LogP contribution >= 0.6 is 11.6 Å². The molecule has 0 spiro atoms. The number of aryl methyl sites for hydroxylation is 1. The molecule has 2 aromatic rings. The van der Waals surface area contributed by atoms with Gasteiger partial charge >= 0.3 is 0 Å². The fourth-order valence-corrected chi connectivity index (χ4v) is 1.96. The van der Waals surface area contributed by atoms with Gasteiger partial charge < -0.3 is 10.6 Å². The molecule has 7 heteroatoms. The summed E-state index contributed by atoms with van der Waals surface area (Å²) in [5, 5.41) is 10.2. The molecular formula is C13H16ClN5O. The van der Waals surface area contributed by atoms with Crippen molar-refractivity contribution in [1.29, 1.82) is 0 Å². The Bertz CT molecular complexity index is 611. The van der Waals surface area contributed by atoms with Crippen molar-refractivity contribution in [1.82, 2.24) is 20.1 Å². The molecule has 20 heavy (non-hydrogen) atoms. The van der Waals surface area contributed by atoms with Crippen LogP contribution in [0.1, 0.15) is 22.8 Å². The molecule has 2 rings (SSSR count). The van der Waals surface area contributed by atoms with Crippen LogP contribution in [0, 0.1) is 0 Å². The monoisotopic (exact) mass is 293 g/mol. The number of hydrogen-bond donors (Lipinski definition) is 2. The fraction of sp³-hybridized carbons (Fsp3) is 0.308. The van der Waals surface area contributed by atoms with Crippen LogP contribution < -0.4 is 10.6 Å².